The highest BCUT2D eigenvalue weighted by atomic mass is 16.6. The van der Waals surface area contributed by atoms with Crippen LogP contribution >= 0.6 is 0 Å². The Hall–Kier alpha value is -3.22. The van der Waals surface area contributed by atoms with Crippen LogP contribution in [0.15, 0.2) is 53.0 Å². The molecule has 1 aromatic carbocycles. The zero-order chi connectivity index (χ0) is 32.0. The number of ether oxygens (including phenoxy) is 1. The molecule has 1 aromatic rings. The van der Waals surface area contributed by atoms with Gasteiger partial charge in [-0.25, -0.2) is 0 Å². The van der Waals surface area contributed by atoms with Gasteiger partial charge in [0.05, 0.1) is 18.8 Å². The fourth-order valence-electron chi connectivity index (χ4n) is 5.77. The number of aliphatic hydroxyl groups is 11. The van der Waals surface area contributed by atoms with Gasteiger partial charge in [-0.3, -0.25) is 9.59 Å². The van der Waals surface area contributed by atoms with Gasteiger partial charge in [0.1, 0.15) is 59.5 Å². The molecule has 1 heterocycles. The summed E-state index contributed by atoms with van der Waals surface area (Å²) in [6.45, 7) is -1.75. The molecule has 43 heavy (non-hydrogen) atoms. The molecule has 4 rings (SSSR count). The van der Waals surface area contributed by atoms with E-state index in [2.05, 4.69) is 0 Å². The quantitative estimate of drug-likeness (QED) is 0.0844. The molecular formula is C28H34O15. The van der Waals surface area contributed by atoms with Gasteiger partial charge in [0.25, 0.3) is 0 Å². The van der Waals surface area contributed by atoms with Crippen molar-refractivity contribution in [3.8, 4) is 5.75 Å². The molecule has 12 N–H and O–H groups in total. The summed E-state index contributed by atoms with van der Waals surface area (Å²) in [6, 6.07) is 5.45. The third kappa shape index (κ3) is 5.49. The van der Waals surface area contributed by atoms with Crippen LogP contribution in [0.2, 0.25) is 0 Å². The molecule has 1 aliphatic heterocycles. The highest BCUT2D eigenvalue weighted by molar-refractivity contribution is 6.28. The summed E-state index contributed by atoms with van der Waals surface area (Å²) in [5.74, 6) is -8.57. The van der Waals surface area contributed by atoms with Crippen LogP contribution in [0.1, 0.15) is 12.0 Å². The van der Waals surface area contributed by atoms with E-state index in [0.29, 0.717) is 5.56 Å². The second-order valence-electron chi connectivity index (χ2n) is 10.9. The van der Waals surface area contributed by atoms with Crippen LogP contribution in [0, 0.1) is 11.8 Å². The molecule has 1 saturated heterocycles. The Morgan fingerprint density at radius 1 is 0.837 bits per heavy atom. The molecule has 0 amide bonds. The predicted molar refractivity (Wildman–Crippen MR) is 142 cm³/mol. The van der Waals surface area contributed by atoms with Gasteiger partial charge in [-0.2, -0.15) is 0 Å². The first-order chi connectivity index (χ1) is 20.2. The zero-order valence-corrected chi connectivity index (χ0v) is 22.5. The number of rotatable bonds is 6. The van der Waals surface area contributed by atoms with E-state index in [-0.39, 0.29) is 5.75 Å². The highest BCUT2D eigenvalue weighted by Gasteiger charge is 2.65. The maximum Gasteiger partial charge on any atom is 0.219 e. The second-order valence-corrected chi connectivity index (χ2v) is 10.9. The number of allylic oxidation sites excluding steroid dienone is 2. The Balaban J connectivity index is 1.92. The van der Waals surface area contributed by atoms with Gasteiger partial charge in [0.15, 0.2) is 0 Å². The topological polar surface area (TPSA) is 286 Å². The number of benzene rings is 1. The summed E-state index contributed by atoms with van der Waals surface area (Å²) in [7, 11) is 0. The number of phenolic OH excluding ortho intramolecular Hbond substituents is 1. The number of phenols is 1. The van der Waals surface area contributed by atoms with Crippen LogP contribution in [0.3, 0.4) is 0 Å². The third-order valence-corrected chi connectivity index (χ3v) is 8.30. The summed E-state index contributed by atoms with van der Waals surface area (Å²) >= 11 is 0. The summed E-state index contributed by atoms with van der Waals surface area (Å²) in [4.78, 5) is 27.8. The van der Waals surface area contributed by atoms with E-state index in [1.807, 2.05) is 0 Å². The molecule has 3 aliphatic rings. The summed E-state index contributed by atoms with van der Waals surface area (Å²) in [5.41, 5.74) is -5.21. The number of hydrogen-bond donors (Lipinski definition) is 12. The van der Waals surface area contributed by atoms with Crippen LogP contribution in [-0.4, -0.2) is 140 Å². The van der Waals surface area contributed by atoms with Gasteiger partial charge >= 0.3 is 0 Å². The largest absolute Gasteiger partial charge is 0.508 e. The Bertz CT molecular complexity index is 1320. The van der Waals surface area contributed by atoms with Crippen molar-refractivity contribution < 1.29 is 75.6 Å². The standard InChI is InChI=1S/C28H34O15/c29-8-11-7-13(19(34)22(37)18(11)33)16-21(36)17(14(32)6-3-10-1-4-12(31)5-2-10)26(41)28(42,25(16)40)27-24(39)23(38)20(35)15(9-30)43-27/h1-6,11,13,15,18-20,22-24,27,29-39,42H,7-9H2/b6-3+,17-14+/t11-,13+,15-,18-,19+,20-,22+,23+,24-,27-,28+/m1/s1. The fraction of sp³-hybridized carbons (Fsp3) is 0.500. The average molecular weight is 611 g/mol. The lowest BCUT2D eigenvalue weighted by Gasteiger charge is -2.48. The molecule has 0 spiro atoms. The lowest BCUT2D eigenvalue weighted by Crippen LogP contribution is -2.71. The number of aromatic hydroxyl groups is 1. The smallest absolute Gasteiger partial charge is 0.219 e. The van der Waals surface area contributed by atoms with Gasteiger partial charge in [0, 0.05) is 24.0 Å². The first-order valence-corrected chi connectivity index (χ1v) is 13.3. The van der Waals surface area contributed by atoms with E-state index >= 15 is 0 Å². The maximum atomic E-state index is 14.0. The maximum absolute atomic E-state index is 14.0. The van der Waals surface area contributed by atoms with E-state index in [4.69, 9.17) is 4.74 Å². The molecular weight excluding hydrogens is 576 g/mol. The van der Waals surface area contributed by atoms with Crippen molar-refractivity contribution in [2.75, 3.05) is 13.2 Å². The van der Waals surface area contributed by atoms with Gasteiger partial charge in [0.2, 0.25) is 17.2 Å². The molecule has 15 heteroatoms. The first kappa shape index (κ1) is 32.7. The molecule has 0 unspecified atom stereocenters. The third-order valence-electron chi connectivity index (χ3n) is 8.30. The molecule has 0 radical (unpaired) electrons. The minimum absolute atomic E-state index is 0.0740. The van der Waals surface area contributed by atoms with Crippen molar-refractivity contribution in [2.45, 2.75) is 60.9 Å². The number of Topliss-reactive ketones (excluding diaryl/α,β-unsaturated/α-hetero) is 2. The summed E-state index contributed by atoms with van der Waals surface area (Å²) < 4.78 is 5.32. The van der Waals surface area contributed by atoms with E-state index in [0.717, 1.165) is 6.08 Å². The lowest BCUT2D eigenvalue weighted by atomic mass is 9.64. The molecule has 0 bridgehead atoms. The van der Waals surface area contributed by atoms with Crippen LogP contribution in [0.5, 0.6) is 5.75 Å². The van der Waals surface area contributed by atoms with Crippen molar-refractivity contribution in [1.29, 1.82) is 0 Å². The summed E-state index contributed by atoms with van der Waals surface area (Å²) in [5, 5.41) is 125. The molecule has 2 fully saturated rings. The molecule has 11 atom stereocenters. The number of hydrogen-bond acceptors (Lipinski definition) is 15. The Labute approximate surface area is 243 Å². The molecule has 2 aliphatic carbocycles. The minimum Gasteiger partial charge on any atom is -0.508 e. The van der Waals surface area contributed by atoms with Crippen molar-refractivity contribution in [3.05, 3.63) is 58.6 Å². The SMILES string of the molecule is O=C1C([C@@H]2C[C@H](CO)[C@@H](O)[C@H](O)[C@H]2O)=C(O)/C(=C(O)/C=C/c2ccc(O)cc2)C(=O)[C@]1(O)[C@@H]1O[C@H](CO)[C@@H](O)[C@H](O)[C@H]1O. The lowest BCUT2D eigenvalue weighted by molar-refractivity contribution is -0.260. The number of aliphatic hydroxyl groups excluding tert-OH is 10. The van der Waals surface area contributed by atoms with Crippen molar-refractivity contribution in [1.82, 2.24) is 0 Å². The number of carbonyl (C=O) groups excluding carboxylic acids is 2. The van der Waals surface area contributed by atoms with Crippen molar-refractivity contribution in [3.63, 3.8) is 0 Å². The van der Waals surface area contributed by atoms with Crippen LogP contribution in [0.4, 0.5) is 0 Å². The molecule has 15 nitrogen and oxygen atoms in total. The number of ketones is 2. The minimum atomic E-state index is -3.55. The Kier molecular flexibility index (Phi) is 9.44. The van der Waals surface area contributed by atoms with Crippen LogP contribution in [0.25, 0.3) is 6.08 Å². The zero-order valence-electron chi connectivity index (χ0n) is 22.5. The summed E-state index contributed by atoms with van der Waals surface area (Å²) in [6.07, 6.45) is -14.6. The fourth-order valence-corrected chi connectivity index (χ4v) is 5.77. The van der Waals surface area contributed by atoms with Gasteiger partial charge < -0.3 is 66.0 Å². The van der Waals surface area contributed by atoms with Gasteiger partial charge in [-0.05, 0) is 30.2 Å². The normalized spacial score (nSPS) is 40.3. The van der Waals surface area contributed by atoms with E-state index in [1.165, 1.54) is 30.3 Å². The molecule has 1 saturated carbocycles. The van der Waals surface area contributed by atoms with E-state index in [9.17, 15) is 70.9 Å². The van der Waals surface area contributed by atoms with Gasteiger partial charge in [-0.15, -0.1) is 0 Å². The van der Waals surface area contributed by atoms with E-state index < -0.39 is 120 Å². The first-order valence-electron chi connectivity index (χ1n) is 13.3. The monoisotopic (exact) mass is 610 g/mol. The highest BCUT2D eigenvalue weighted by Crippen LogP contribution is 2.45. The number of carbonyl (C=O) groups is 2. The second kappa shape index (κ2) is 12.4. The van der Waals surface area contributed by atoms with E-state index in [1.54, 1.807) is 0 Å². The van der Waals surface area contributed by atoms with Crippen molar-refractivity contribution in [2.24, 2.45) is 11.8 Å². The molecule has 236 valence electrons. The van der Waals surface area contributed by atoms with Crippen LogP contribution < -0.4 is 0 Å². The predicted octanol–water partition coefficient (Wildman–Crippen LogP) is -3.53. The van der Waals surface area contributed by atoms with Crippen LogP contribution in [-0.2, 0) is 14.3 Å². The van der Waals surface area contributed by atoms with Gasteiger partial charge in [-0.1, -0.05) is 18.2 Å². The Morgan fingerprint density at radius 2 is 1.44 bits per heavy atom. The van der Waals surface area contributed by atoms with Crippen molar-refractivity contribution >= 4 is 17.6 Å². The Morgan fingerprint density at radius 3 is 2.02 bits per heavy atom. The molecule has 0 aromatic heterocycles. The average Bonchev–Trinajstić information content (AvgIpc) is 2.98.